The number of benzene rings is 2. The van der Waals surface area contributed by atoms with Gasteiger partial charge in [0.15, 0.2) is 23.3 Å². The molecular formula is C18H7F9MnN2O2. The van der Waals surface area contributed by atoms with Crippen molar-refractivity contribution in [2.45, 2.75) is 13.1 Å². The van der Waals surface area contributed by atoms with Gasteiger partial charge in [0, 0.05) is 28.7 Å². The van der Waals surface area contributed by atoms with E-state index in [0.717, 1.165) is 6.92 Å². The van der Waals surface area contributed by atoms with Crippen LogP contribution in [0.5, 0.6) is 5.88 Å². The van der Waals surface area contributed by atoms with Crippen LogP contribution in [0.15, 0.2) is 18.2 Å². The summed E-state index contributed by atoms with van der Waals surface area (Å²) in [6, 6.07) is 1.53. The summed E-state index contributed by atoms with van der Waals surface area (Å²) in [6.45, 7) is 0.978. The predicted octanol–water partition coefficient (Wildman–Crippen LogP) is 4.97. The molecule has 0 fully saturated rings. The third-order valence-corrected chi connectivity index (χ3v) is 4.12. The Morgan fingerprint density at radius 2 is 1.38 bits per heavy atom. The van der Waals surface area contributed by atoms with Gasteiger partial charge in [-0.1, -0.05) is 0 Å². The summed E-state index contributed by atoms with van der Waals surface area (Å²) in [7, 11) is 0. The molecule has 1 heterocycles. The zero-order valence-corrected chi connectivity index (χ0v) is 16.4. The minimum atomic E-state index is -5.79. The van der Waals surface area contributed by atoms with Gasteiger partial charge in [-0.25, -0.2) is 26.3 Å². The molecular weight excluding hydrogens is 502 g/mol. The van der Waals surface area contributed by atoms with Crippen molar-refractivity contribution in [3.63, 3.8) is 0 Å². The zero-order chi connectivity index (χ0) is 23.4. The molecule has 3 rings (SSSR count). The van der Waals surface area contributed by atoms with Crippen molar-refractivity contribution in [2.75, 3.05) is 0 Å². The van der Waals surface area contributed by atoms with E-state index < -0.39 is 80.8 Å². The molecule has 1 N–H and O–H groups in total. The number of rotatable bonds is 3. The maximum atomic E-state index is 14.2. The van der Waals surface area contributed by atoms with Crippen LogP contribution < -0.4 is 0 Å². The van der Waals surface area contributed by atoms with E-state index in [9.17, 15) is 49.4 Å². The van der Waals surface area contributed by atoms with Crippen molar-refractivity contribution in [1.29, 1.82) is 0 Å². The Hall–Kier alpha value is -2.99. The second kappa shape index (κ2) is 8.51. The van der Waals surface area contributed by atoms with E-state index in [4.69, 9.17) is 0 Å². The van der Waals surface area contributed by atoms with Gasteiger partial charge in [0.2, 0.25) is 11.7 Å². The molecule has 2 aromatic carbocycles. The average molecular weight is 509 g/mol. The first-order valence-corrected chi connectivity index (χ1v) is 7.98. The predicted molar refractivity (Wildman–Crippen MR) is 84.6 cm³/mol. The van der Waals surface area contributed by atoms with Crippen molar-refractivity contribution in [3.8, 4) is 11.6 Å². The van der Waals surface area contributed by atoms with Crippen LogP contribution in [0.2, 0.25) is 0 Å². The van der Waals surface area contributed by atoms with Crippen molar-refractivity contribution in [3.05, 3.63) is 75.5 Å². The van der Waals surface area contributed by atoms with Gasteiger partial charge in [-0.05, 0) is 19.1 Å². The molecule has 4 nitrogen and oxygen atoms in total. The summed E-state index contributed by atoms with van der Waals surface area (Å²) < 4.78 is 121. The van der Waals surface area contributed by atoms with Crippen LogP contribution in [0.1, 0.15) is 27.2 Å². The van der Waals surface area contributed by atoms with Gasteiger partial charge in [0.1, 0.15) is 28.4 Å². The number of nitrogens with zero attached hydrogens (tertiary/aromatic N) is 2. The quantitative estimate of drug-likeness (QED) is 0.235. The fraction of sp³-hybridized carbons (Fsp3) is 0.111. The van der Waals surface area contributed by atoms with Gasteiger partial charge in [-0.3, -0.25) is 4.79 Å². The molecule has 0 aliphatic rings. The number of carbonyl (C=O) groups is 1. The first-order chi connectivity index (χ1) is 14.3. The van der Waals surface area contributed by atoms with Gasteiger partial charge >= 0.3 is 6.18 Å². The van der Waals surface area contributed by atoms with Gasteiger partial charge in [-0.2, -0.15) is 23.0 Å². The van der Waals surface area contributed by atoms with Crippen molar-refractivity contribution < 1.29 is 66.5 Å². The van der Waals surface area contributed by atoms with E-state index in [1.54, 1.807) is 0 Å². The minimum Gasteiger partial charge on any atom is -0.493 e. The molecule has 0 aliphatic carbocycles. The van der Waals surface area contributed by atoms with E-state index in [0.29, 0.717) is 18.2 Å². The number of alkyl halides is 3. The zero-order valence-electron chi connectivity index (χ0n) is 15.3. The number of aryl methyl sites for hydroxylation is 1. The molecule has 32 heavy (non-hydrogen) atoms. The summed E-state index contributed by atoms with van der Waals surface area (Å²) in [4.78, 5) is 12.5. The van der Waals surface area contributed by atoms with E-state index in [2.05, 4.69) is 5.10 Å². The minimum absolute atomic E-state index is 0. The summed E-state index contributed by atoms with van der Waals surface area (Å²) in [5, 5.41) is 13.5. The molecule has 14 heteroatoms. The number of halogens is 9. The van der Waals surface area contributed by atoms with Gasteiger partial charge in [-0.15, -0.1) is 0 Å². The summed E-state index contributed by atoms with van der Waals surface area (Å²) in [6.07, 6.45) is -5.79. The number of ketones is 1. The van der Waals surface area contributed by atoms with Crippen LogP contribution in [0.4, 0.5) is 39.5 Å². The summed E-state index contributed by atoms with van der Waals surface area (Å²) in [5.74, 6) is -15.8. The van der Waals surface area contributed by atoms with Crippen LogP contribution >= 0.6 is 0 Å². The Balaban J connectivity index is 0.00000363. The molecule has 0 atom stereocenters. The molecule has 0 unspecified atom stereocenters. The van der Waals surface area contributed by atoms with Crippen LogP contribution in [0.3, 0.4) is 0 Å². The van der Waals surface area contributed by atoms with Crippen LogP contribution in [-0.4, -0.2) is 20.7 Å². The van der Waals surface area contributed by atoms with Crippen molar-refractivity contribution in [2.24, 2.45) is 0 Å². The van der Waals surface area contributed by atoms with Gasteiger partial charge < -0.3 is 5.11 Å². The molecule has 0 aliphatic heterocycles. The molecule has 171 valence electrons. The average Bonchev–Trinajstić information content (AvgIpc) is 2.92. The summed E-state index contributed by atoms with van der Waals surface area (Å²) in [5.41, 5.74) is -6.79. The normalized spacial score (nSPS) is 11.4. The van der Waals surface area contributed by atoms with E-state index in [1.165, 1.54) is 0 Å². The van der Waals surface area contributed by atoms with Gasteiger partial charge in [0.05, 0.1) is 5.69 Å². The molecule has 0 saturated heterocycles. The Morgan fingerprint density at radius 3 is 1.81 bits per heavy atom. The van der Waals surface area contributed by atoms with E-state index in [1.807, 2.05) is 0 Å². The van der Waals surface area contributed by atoms with Gasteiger partial charge in [0.25, 0.3) is 0 Å². The Morgan fingerprint density at radius 1 is 0.906 bits per heavy atom. The Kier molecular flexibility index (Phi) is 6.72. The number of hydrogen-bond donors (Lipinski definition) is 1. The van der Waals surface area contributed by atoms with Crippen molar-refractivity contribution >= 4 is 5.78 Å². The largest absolute Gasteiger partial charge is 0.493 e. The first-order valence-electron chi connectivity index (χ1n) is 7.98. The molecule has 3 aromatic rings. The number of carbonyl (C=O) groups excluding carboxylic acids is 1. The number of hydrogen-bond acceptors (Lipinski definition) is 3. The van der Waals surface area contributed by atoms with Crippen LogP contribution in [-0.2, 0) is 23.2 Å². The number of aromatic hydroxyl groups is 1. The van der Waals surface area contributed by atoms with Crippen LogP contribution in [0, 0.1) is 41.8 Å². The molecule has 0 amide bonds. The first kappa shape index (κ1) is 25.3. The molecule has 1 radical (unpaired) electrons. The second-order valence-electron chi connectivity index (χ2n) is 6.16. The molecule has 0 spiro atoms. The fourth-order valence-corrected chi connectivity index (χ4v) is 2.82. The summed E-state index contributed by atoms with van der Waals surface area (Å²) >= 11 is 0. The molecule has 1 aromatic heterocycles. The standard InChI is InChI=1S/C18H7F9N2O2.Mn/c1-5-9(16(30)6-2-7(19)4-8(20)3-6)17(31)29(28-5)15-13(23)11(21)10(18(25,26)27)12(22)14(15)24;/h2-4,31H,1H3;. The smallest absolute Gasteiger partial charge is 0.422 e. The maximum absolute atomic E-state index is 14.2. The Bertz CT molecular complexity index is 1190. The third-order valence-electron chi connectivity index (χ3n) is 4.12. The van der Waals surface area contributed by atoms with E-state index in [-0.39, 0.29) is 21.8 Å². The van der Waals surface area contributed by atoms with Crippen molar-refractivity contribution in [1.82, 2.24) is 9.78 Å². The molecule has 0 saturated carbocycles. The maximum Gasteiger partial charge on any atom is 0.422 e. The third kappa shape index (κ3) is 4.07. The van der Waals surface area contributed by atoms with E-state index >= 15 is 0 Å². The fourth-order valence-electron chi connectivity index (χ4n) is 2.82. The van der Waals surface area contributed by atoms with Crippen LogP contribution in [0.25, 0.3) is 5.69 Å². The topological polar surface area (TPSA) is 55.1 Å². The monoisotopic (exact) mass is 509 g/mol. The number of aromatic nitrogens is 2. The second-order valence-corrected chi connectivity index (χ2v) is 6.16. The molecule has 0 bridgehead atoms. The Labute approximate surface area is 182 Å². The SMILES string of the molecule is Cc1nn(-c2c(F)c(F)c(C(F)(F)F)c(F)c2F)c(O)c1C(=O)c1cc(F)cc(F)c1.[Mn].